The number of hydrogen-bond donors (Lipinski definition) is 2. The molecule has 0 aliphatic heterocycles. The highest BCUT2D eigenvalue weighted by Crippen LogP contribution is 2.30. The van der Waals surface area contributed by atoms with Crippen LogP contribution in [0.1, 0.15) is 10.4 Å². The fourth-order valence-electron chi connectivity index (χ4n) is 2.36. The number of halogens is 3. The molecule has 3 rings (SSSR count). The first-order valence-corrected chi connectivity index (χ1v) is 10.5. The molecule has 144 valence electrons. The molecule has 0 radical (unpaired) electrons. The molecule has 0 fully saturated rings. The molecule has 9 heteroatoms. The van der Waals surface area contributed by atoms with Gasteiger partial charge >= 0.3 is 0 Å². The zero-order chi connectivity index (χ0) is 20.3. The second-order valence-corrected chi connectivity index (χ2v) is 8.60. The van der Waals surface area contributed by atoms with Crippen LogP contribution < -0.4 is 10.0 Å². The lowest BCUT2D eigenvalue weighted by Gasteiger charge is -2.13. The largest absolute Gasteiger partial charge is 0.322 e. The number of rotatable bonds is 5. The lowest BCUT2D eigenvalue weighted by Crippen LogP contribution is -2.17. The standard InChI is InChI=1S/C19H13Cl3N2O3S/c20-12-6-8-14(9-7-12)24-28(26,27)18-10-15(16(21)11-17(18)22)19(25)23-13-4-2-1-3-5-13/h1-11,24H,(H,23,25). The van der Waals surface area contributed by atoms with Crippen LogP contribution in [-0.2, 0) is 10.0 Å². The number of benzene rings is 3. The molecule has 0 heterocycles. The van der Waals surface area contributed by atoms with Crippen molar-refractivity contribution in [3.63, 3.8) is 0 Å². The van der Waals surface area contributed by atoms with Gasteiger partial charge in [0.1, 0.15) is 4.90 Å². The molecule has 3 aromatic carbocycles. The quantitative estimate of drug-likeness (QED) is 0.518. The van der Waals surface area contributed by atoms with E-state index in [-0.39, 0.29) is 20.5 Å². The normalized spacial score (nSPS) is 11.1. The molecule has 0 bridgehead atoms. The van der Waals surface area contributed by atoms with E-state index in [0.717, 1.165) is 6.07 Å². The number of anilines is 2. The van der Waals surface area contributed by atoms with Crippen LogP contribution in [-0.4, -0.2) is 14.3 Å². The fourth-order valence-corrected chi connectivity index (χ4v) is 4.40. The summed E-state index contributed by atoms with van der Waals surface area (Å²) in [7, 11) is -4.07. The summed E-state index contributed by atoms with van der Waals surface area (Å²) in [6, 6.07) is 17.2. The van der Waals surface area contributed by atoms with Crippen LogP contribution in [0, 0.1) is 0 Å². The molecule has 0 saturated heterocycles. The first-order valence-electron chi connectivity index (χ1n) is 7.90. The molecule has 0 aliphatic rings. The first kappa shape index (κ1) is 20.5. The summed E-state index contributed by atoms with van der Waals surface area (Å²) in [4.78, 5) is 12.3. The van der Waals surface area contributed by atoms with Crippen molar-refractivity contribution >= 4 is 62.1 Å². The van der Waals surface area contributed by atoms with Crippen molar-refractivity contribution in [3.05, 3.63) is 87.4 Å². The Morgan fingerprint density at radius 1 is 0.786 bits per heavy atom. The monoisotopic (exact) mass is 454 g/mol. The highest BCUT2D eigenvalue weighted by Gasteiger charge is 2.23. The molecule has 1 amide bonds. The Morgan fingerprint density at radius 3 is 2.07 bits per heavy atom. The predicted molar refractivity (Wildman–Crippen MR) is 113 cm³/mol. The van der Waals surface area contributed by atoms with Crippen molar-refractivity contribution < 1.29 is 13.2 Å². The van der Waals surface area contributed by atoms with Crippen molar-refractivity contribution in [2.45, 2.75) is 4.90 Å². The van der Waals surface area contributed by atoms with Gasteiger partial charge in [-0.1, -0.05) is 53.0 Å². The second kappa shape index (κ2) is 8.41. The van der Waals surface area contributed by atoms with Gasteiger partial charge in [0.05, 0.1) is 15.6 Å². The minimum Gasteiger partial charge on any atom is -0.322 e. The van der Waals surface area contributed by atoms with Crippen LogP contribution >= 0.6 is 34.8 Å². The van der Waals surface area contributed by atoms with E-state index in [1.807, 2.05) is 0 Å². The lowest BCUT2D eigenvalue weighted by atomic mass is 10.2. The van der Waals surface area contributed by atoms with Gasteiger partial charge in [-0.25, -0.2) is 8.42 Å². The van der Waals surface area contributed by atoms with Crippen molar-refractivity contribution in [2.24, 2.45) is 0 Å². The number of para-hydroxylation sites is 1. The van der Waals surface area contributed by atoms with Crippen LogP contribution in [0.2, 0.25) is 15.1 Å². The lowest BCUT2D eigenvalue weighted by molar-refractivity contribution is 0.102. The molecule has 0 aliphatic carbocycles. The van der Waals surface area contributed by atoms with Crippen LogP contribution in [0.25, 0.3) is 0 Å². The molecule has 3 aromatic rings. The molecule has 0 saturated carbocycles. The number of amides is 1. The topological polar surface area (TPSA) is 75.3 Å². The summed E-state index contributed by atoms with van der Waals surface area (Å²) in [5.41, 5.74) is 0.819. The molecule has 0 unspecified atom stereocenters. The van der Waals surface area contributed by atoms with Crippen molar-refractivity contribution in [3.8, 4) is 0 Å². The van der Waals surface area contributed by atoms with E-state index in [1.54, 1.807) is 42.5 Å². The molecule has 0 aromatic heterocycles. The minimum absolute atomic E-state index is 0.0219. The van der Waals surface area contributed by atoms with E-state index in [4.69, 9.17) is 34.8 Å². The van der Waals surface area contributed by atoms with Crippen LogP contribution in [0.3, 0.4) is 0 Å². The maximum atomic E-state index is 12.7. The highest BCUT2D eigenvalue weighted by molar-refractivity contribution is 7.92. The van der Waals surface area contributed by atoms with Crippen LogP contribution in [0.15, 0.2) is 71.6 Å². The Hall–Kier alpha value is -2.25. The number of nitrogens with one attached hydrogen (secondary N) is 2. The molecular weight excluding hydrogens is 443 g/mol. The maximum Gasteiger partial charge on any atom is 0.263 e. The smallest absolute Gasteiger partial charge is 0.263 e. The molecule has 28 heavy (non-hydrogen) atoms. The van der Waals surface area contributed by atoms with Gasteiger partial charge in [0, 0.05) is 16.4 Å². The summed E-state index contributed by atoms with van der Waals surface area (Å²) in [6.45, 7) is 0. The highest BCUT2D eigenvalue weighted by atomic mass is 35.5. The average Bonchev–Trinajstić information content (AvgIpc) is 2.64. The number of sulfonamides is 1. The van der Waals surface area contributed by atoms with Gasteiger partial charge < -0.3 is 5.32 Å². The van der Waals surface area contributed by atoms with E-state index in [0.29, 0.717) is 16.4 Å². The van der Waals surface area contributed by atoms with Crippen molar-refractivity contribution in [1.29, 1.82) is 0 Å². The SMILES string of the molecule is O=C(Nc1ccccc1)c1cc(S(=O)(=O)Nc2ccc(Cl)cc2)c(Cl)cc1Cl. The van der Waals surface area contributed by atoms with E-state index in [9.17, 15) is 13.2 Å². The first-order chi connectivity index (χ1) is 13.3. The van der Waals surface area contributed by atoms with Gasteiger partial charge in [-0.05, 0) is 48.5 Å². The summed E-state index contributed by atoms with van der Waals surface area (Å²) in [6.07, 6.45) is 0. The summed E-state index contributed by atoms with van der Waals surface area (Å²) >= 11 is 18.0. The van der Waals surface area contributed by atoms with Gasteiger partial charge in [0.25, 0.3) is 15.9 Å². The molecule has 0 spiro atoms. The fraction of sp³-hybridized carbons (Fsp3) is 0. The Morgan fingerprint density at radius 2 is 1.43 bits per heavy atom. The third-order valence-electron chi connectivity index (χ3n) is 3.68. The molecule has 0 atom stereocenters. The third-order valence-corrected chi connectivity index (χ3v) is 6.09. The summed E-state index contributed by atoms with van der Waals surface area (Å²) in [5.74, 6) is -0.559. The van der Waals surface area contributed by atoms with Gasteiger partial charge in [0.15, 0.2) is 0 Å². The number of carbonyl (C=O) groups is 1. The van der Waals surface area contributed by atoms with E-state index in [1.165, 1.54) is 18.2 Å². The molecule has 5 nitrogen and oxygen atoms in total. The Balaban J connectivity index is 1.94. The zero-order valence-electron chi connectivity index (χ0n) is 14.1. The van der Waals surface area contributed by atoms with Gasteiger partial charge in [-0.3, -0.25) is 9.52 Å². The second-order valence-electron chi connectivity index (χ2n) is 5.70. The zero-order valence-corrected chi connectivity index (χ0v) is 17.2. The Bertz CT molecular complexity index is 1120. The average molecular weight is 456 g/mol. The number of carbonyl (C=O) groups excluding carboxylic acids is 1. The van der Waals surface area contributed by atoms with Crippen LogP contribution in [0.5, 0.6) is 0 Å². The Kier molecular flexibility index (Phi) is 6.15. The van der Waals surface area contributed by atoms with Crippen molar-refractivity contribution in [2.75, 3.05) is 10.0 Å². The molecular formula is C19H13Cl3N2O3S. The predicted octanol–water partition coefficient (Wildman–Crippen LogP) is 5.70. The van der Waals surface area contributed by atoms with Crippen LogP contribution in [0.4, 0.5) is 11.4 Å². The third kappa shape index (κ3) is 4.77. The van der Waals surface area contributed by atoms with E-state index in [2.05, 4.69) is 10.0 Å². The van der Waals surface area contributed by atoms with Crippen molar-refractivity contribution in [1.82, 2.24) is 0 Å². The van der Waals surface area contributed by atoms with Gasteiger partial charge in [0.2, 0.25) is 0 Å². The van der Waals surface area contributed by atoms with Gasteiger partial charge in [-0.15, -0.1) is 0 Å². The van der Waals surface area contributed by atoms with E-state index < -0.39 is 15.9 Å². The Labute approximate surface area is 177 Å². The molecule has 2 N–H and O–H groups in total. The maximum absolute atomic E-state index is 12.7. The minimum atomic E-state index is -4.07. The number of hydrogen-bond acceptors (Lipinski definition) is 3. The summed E-state index contributed by atoms with van der Waals surface area (Å²) in [5, 5.41) is 3.04. The summed E-state index contributed by atoms with van der Waals surface area (Å²) < 4.78 is 27.9. The van der Waals surface area contributed by atoms with Gasteiger partial charge in [-0.2, -0.15) is 0 Å². The van der Waals surface area contributed by atoms with E-state index >= 15 is 0 Å².